The third-order valence-electron chi connectivity index (χ3n) is 4.90. The Kier molecular flexibility index (Phi) is 4.39. The predicted octanol–water partition coefficient (Wildman–Crippen LogP) is 1.39. The van der Waals surface area contributed by atoms with Crippen molar-refractivity contribution in [3.63, 3.8) is 0 Å². The maximum atomic E-state index is 12.7. The minimum Gasteiger partial charge on any atom is -0.344 e. The van der Waals surface area contributed by atoms with Gasteiger partial charge in [-0.1, -0.05) is 12.1 Å². The number of nitrogens with zero attached hydrogens (tertiary/aromatic N) is 5. The van der Waals surface area contributed by atoms with Crippen LogP contribution >= 0.6 is 0 Å². The fourth-order valence-corrected chi connectivity index (χ4v) is 3.57. The summed E-state index contributed by atoms with van der Waals surface area (Å²) in [5.41, 5.74) is 2.77. The van der Waals surface area contributed by atoms with Gasteiger partial charge >= 0.3 is 0 Å². The molecule has 1 aromatic carbocycles. The summed E-state index contributed by atoms with van der Waals surface area (Å²) in [6.45, 7) is 3.00. The van der Waals surface area contributed by atoms with Gasteiger partial charge in [0.1, 0.15) is 11.9 Å². The van der Waals surface area contributed by atoms with Crippen LogP contribution in [0.4, 0.5) is 5.82 Å². The summed E-state index contributed by atoms with van der Waals surface area (Å²) in [5, 5.41) is 7.16. The molecule has 2 aromatic heterocycles. The Hall–Kier alpha value is -3.16. The van der Waals surface area contributed by atoms with Crippen LogP contribution in [0.1, 0.15) is 18.5 Å². The second-order valence-electron chi connectivity index (χ2n) is 6.84. The molecule has 1 atom stereocenters. The zero-order valence-corrected chi connectivity index (χ0v) is 15.4. The lowest BCUT2D eigenvalue weighted by Crippen LogP contribution is -2.42. The van der Waals surface area contributed by atoms with Gasteiger partial charge in [0.15, 0.2) is 0 Å². The van der Waals surface area contributed by atoms with E-state index < -0.39 is 6.04 Å². The summed E-state index contributed by atoms with van der Waals surface area (Å²) in [5.74, 6) is 0.549. The van der Waals surface area contributed by atoms with Gasteiger partial charge in [0, 0.05) is 32.6 Å². The number of hydrogen-bond donors (Lipinski definition) is 1. The summed E-state index contributed by atoms with van der Waals surface area (Å²) in [6, 6.07) is 9.21. The van der Waals surface area contributed by atoms with Crippen molar-refractivity contribution < 1.29 is 9.59 Å². The topological polar surface area (TPSA) is 85.0 Å². The Morgan fingerprint density at radius 1 is 1.33 bits per heavy atom. The number of rotatable bonds is 5. The van der Waals surface area contributed by atoms with Crippen molar-refractivity contribution in [1.29, 1.82) is 0 Å². The molecule has 1 aliphatic heterocycles. The van der Waals surface area contributed by atoms with Gasteiger partial charge in [0.05, 0.1) is 23.1 Å². The molecule has 140 valence electrons. The Labute approximate surface area is 156 Å². The minimum atomic E-state index is -0.479. The monoisotopic (exact) mass is 366 g/mol. The van der Waals surface area contributed by atoms with E-state index in [1.54, 1.807) is 15.9 Å². The highest BCUT2D eigenvalue weighted by Gasteiger charge is 2.34. The fourth-order valence-electron chi connectivity index (χ4n) is 3.57. The third kappa shape index (κ3) is 3.30. The van der Waals surface area contributed by atoms with Gasteiger partial charge in [-0.3, -0.25) is 19.2 Å². The van der Waals surface area contributed by atoms with Gasteiger partial charge in [0.25, 0.3) is 5.91 Å². The quantitative estimate of drug-likeness (QED) is 0.739. The van der Waals surface area contributed by atoms with E-state index in [4.69, 9.17) is 0 Å². The highest BCUT2D eigenvalue weighted by atomic mass is 16.2. The zero-order valence-electron chi connectivity index (χ0n) is 15.4. The van der Waals surface area contributed by atoms with Gasteiger partial charge in [-0.25, -0.2) is 4.98 Å². The number of imidazole rings is 1. The number of amides is 2. The lowest BCUT2D eigenvalue weighted by Gasteiger charge is -2.17. The van der Waals surface area contributed by atoms with Gasteiger partial charge < -0.3 is 9.88 Å². The number of carbonyl (C=O) groups excluding carboxylic acids is 2. The first-order valence-electron chi connectivity index (χ1n) is 9.04. The predicted molar refractivity (Wildman–Crippen MR) is 101 cm³/mol. The van der Waals surface area contributed by atoms with Crippen LogP contribution in [0.3, 0.4) is 0 Å². The molecule has 3 heterocycles. The van der Waals surface area contributed by atoms with E-state index in [2.05, 4.69) is 15.4 Å². The highest BCUT2D eigenvalue weighted by molar-refractivity contribution is 6.00. The molecule has 1 saturated heterocycles. The summed E-state index contributed by atoms with van der Waals surface area (Å²) >= 11 is 0. The van der Waals surface area contributed by atoms with E-state index >= 15 is 0 Å². The number of hydrogen-bond acceptors (Lipinski definition) is 4. The molecule has 3 aromatic rings. The number of benzene rings is 1. The molecular formula is C19H22N6O2. The standard InChI is InChI=1S/C19H22N6O2/c1-13-11-18(23(2)22-13)25-10-7-15(19(25)27)21-17(26)8-9-24-12-20-14-5-3-4-6-16(14)24/h3-6,11-12,15H,7-10H2,1-2H3,(H,21,26)/t15-/m0/s1. The zero-order chi connectivity index (χ0) is 19.0. The number of anilines is 1. The van der Waals surface area contributed by atoms with Crippen LogP contribution in [0.5, 0.6) is 0 Å². The van der Waals surface area contributed by atoms with E-state index in [1.807, 2.05) is 48.9 Å². The lowest BCUT2D eigenvalue weighted by molar-refractivity contribution is -0.126. The highest BCUT2D eigenvalue weighted by Crippen LogP contribution is 2.22. The van der Waals surface area contributed by atoms with Gasteiger partial charge in [-0.2, -0.15) is 5.10 Å². The average molecular weight is 366 g/mol. The number of para-hydroxylation sites is 2. The van der Waals surface area contributed by atoms with Gasteiger partial charge in [-0.05, 0) is 25.5 Å². The Morgan fingerprint density at radius 3 is 2.93 bits per heavy atom. The molecule has 0 saturated carbocycles. The van der Waals surface area contributed by atoms with Crippen molar-refractivity contribution in [3.05, 3.63) is 42.4 Å². The molecule has 0 bridgehead atoms. The van der Waals surface area contributed by atoms with Crippen LogP contribution in [0.15, 0.2) is 36.7 Å². The van der Waals surface area contributed by atoms with E-state index in [0.29, 0.717) is 25.9 Å². The summed E-state index contributed by atoms with van der Waals surface area (Å²) < 4.78 is 3.65. The molecule has 0 aliphatic carbocycles. The fraction of sp³-hybridized carbons (Fsp3) is 0.368. The number of nitrogens with one attached hydrogen (secondary N) is 1. The Bertz CT molecular complexity index is 1000. The van der Waals surface area contributed by atoms with Crippen LogP contribution in [0.2, 0.25) is 0 Å². The van der Waals surface area contributed by atoms with Crippen LogP contribution in [0, 0.1) is 6.92 Å². The normalized spacial score (nSPS) is 17.0. The smallest absolute Gasteiger partial charge is 0.250 e. The van der Waals surface area contributed by atoms with E-state index in [1.165, 1.54) is 0 Å². The lowest BCUT2D eigenvalue weighted by atomic mass is 10.2. The van der Waals surface area contributed by atoms with Crippen molar-refractivity contribution in [2.75, 3.05) is 11.4 Å². The molecule has 1 N–H and O–H groups in total. The van der Waals surface area contributed by atoms with Gasteiger partial charge in [-0.15, -0.1) is 0 Å². The van der Waals surface area contributed by atoms with Crippen molar-refractivity contribution in [3.8, 4) is 0 Å². The van der Waals surface area contributed by atoms with E-state index in [9.17, 15) is 9.59 Å². The van der Waals surface area contributed by atoms with Crippen LogP contribution in [0.25, 0.3) is 11.0 Å². The molecule has 4 rings (SSSR count). The molecular weight excluding hydrogens is 344 g/mol. The van der Waals surface area contributed by atoms with Crippen molar-refractivity contribution >= 4 is 28.7 Å². The summed E-state index contributed by atoms with van der Waals surface area (Å²) in [6.07, 6.45) is 2.64. The van der Waals surface area contributed by atoms with Crippen LogP contribution in [-0.2, 0) is 23.2 Å². The first-order chi connectivity index (χ1) is 13.0. The molecule has 27 heavy (non-hydrogen) atoms. The summed E-state index contributed by atoms with van der Waals surface area (Å²) in [7, 11) is 1.82. The third-order valence-corrected chi connectivity index (χ3v) is 4.90. The van der Waals surface area contributed by atoms with E-state index in [0.717, 1.165) is 22.5 Å². The second kappa shape index (κ2) is 6.86. The molecule has 8 nitrogen and oxygen atoms in total. The van der Waals surface area contributed by atoms with Crippen LogP contribution in [-0.4, -0.2) is 43.7 Å². The molecule has 0 spiro atoms. The minimum absolute atomic E-state index is 0.0839. The molecule has 1 aliphatic rings. The number of carbonyl (C=O) groups is 2. The SMILES string of the molecule is Cc1cc(N2CC[C@H](NC(=O)CCn3cnc4ccccc43)C2=O)n(C)n1. The van der Waals surface area contributed by atoms with Crippen molar-refractivity contribution in [1.82, 2.24) is 24.6 Å². The number of aromatic nitrogens is 4. The molecule has 0 radical (unpaired) electrons. The largest absolute Gasteiger partial charge is 0.344 e. The van der Waals surface area contributed by atoms with E-state index in [-0.39, 0.29) is 11.8 Å². The first-order valence-corrected chi connectivity index (χ1v) is 9.04. The summed E-state index contributed by atoms with van der Waals surface area (Å²) in [4.78, 5) is 31.0. The van der Waals surface area contributed by atoms with Crippen molar-refractivity contribution in [2.24, 2.45) is 7.05 Å². The molecule has 1 fully saturated rings. The number of aryl methyl sites for hydroxylation is 3. The van der Waals surface area contributed by atoms with Crippen molar-refractivity contribution in [2.45, 2.75) is 32.4 Å². The number of fused-ring (bicyclic) bond motifs is 1. The van der Waals surface area contributed by atoms with Gasteiger partial charge in [0.2, 0.25) is 5.91 Å². The Balaban J connectivity index is 1.36. The molecule has 2 amide bonds. The molecule has 8 heteroatoms. The maximum absolute atomic E-state index is 12.7. The van der Waals surface area contributed by atoms with Crippen LogP contribution < -0.4 is 10.2 Å². The first kappa shape index (κ1) is 17.3. The maximum Gasteiger partial charge on any atom is 0.250 e. The Morgan fingerprint density at radius 2 is 2.15 bits per heavy atom. The molecule has 0 unspecified atom stereocenters. The second-order valence-corrected chi connectivity index (χ2v) is 6.84. The average Bonchev–Trinajstić information content (AvgIpc) is 3.31.